The Morgan fingerprint density at radius 1 is 1.24 bits per heavy atom. The van der Waals surface area contributed by atoms with Gasteiger partial charge in [-0.15, -0.1) is 6.58 Å². The van der Waals surface area contributed by atoms with Crippen LogP contribution in [0.1, 0.15) is 42.1 Å². The van der Waals surface area contributed by atoms with Crippen molar-refractivity contribution in [1.29, 1.82) is 0 Å². The molecule has 174 valence electrons. The van der Waals surface area contributed by atoms with Crippen LogP contribution in [0.3, 0.4) is 0 Å². The van der Waals surface area contributed by atoms with Gasteiger partial charge in [0.15, 0.2) is 0 Å². The third kappa shape index (κ3) is 5.02. The predicted molar refractivity (Wildman–Crippen MR) is 127 cm³/mol. The van der Waals surface area contributed by atoms with Gasteiger partial charge in [0.25, 0.3) is 5.91 Å². The van der Waals surface area contributed by atoms with Gasteiger partial charge >= 0.3 is 5.97 Å². The number of rotatable bonds is 6. The lowest BCUT2D eigenvalue weighted by atomic mass is 9.57. The van der Waals surface area contributed by atoms with Gasteiger partial charge in [-0.25, -0.2) is 0 Å². The van der Waals surface area contributed by atoms with Gasteiger partial charge in [-0.1, -0.05) is 36.4 Å². The zero-order valence-electron chi connectivity index (χ0n) is 19.1. The molecule has 2 aliphatic rings. The Bertz CT molecular complexity index is 1010. The molecule has 0 radical (unpaired) electrons. The molecule has 1 saturated heterocycles. The molecule has 0 aromatic heterocycles. The first-order chi connectivity index (χ1) is 15.9. The quantitative estimate of drug-likeness (QED) is 0.403. The van der Waals surface area contributed by atoms with Crippen LogP contribution < -0.4 is 10.1 Å². The number of esters is 1. The average molecular weight is 449 g/mol. The van der Waals surface area contributed by atoms with Crippen LogP contribution in [0.25, 0.3) is 0 Å². The van der Waals surface area contributed by atoms with E-state index in [-0.39, 0.29) is 29.3 Å². The van der Waals surface area contributed by atoms with Gasteiger partial charge < -0.3 is 15.2 Å². The Hall–Kier alpha value is -2.96. The fraction of sp³-hybridized carbons (Fsp3) is 0.407. The van der Waals surface area contributed by atoms with Gasteiger partial charge in [0.1, 0.15) is 5.75 Å². The molecule has 2 fully saturated rings. The lowest BCUT2D eigenvalue weighted by Gasteiger charge is -2.54. The molecule has 2 N–H and O–H groups in total. The minimum absolute atomic E-state index is 0.00338. The second kappa shape index (κ2) is 9.89. The summed E-state index contributed by atoms with van der Waals surface area (Å²) in [5.74, 6) is 0.0214. The van der Waals surface area contributed by atoms with Crippen molar-refractivity contribution in [3.8, 4) is 5.75 Å². The second-order valence-corrected chi connectivity index (χ2v) is 9.23. The highest BCUT2D eigenvalue weighted by Crippen LogP contribution is 2.49. The number of likely N-dealkylation sites (tertiary alicyclic amines) is 1. The first-order valence-corrected chi connectivity index (χ1v) is 11.6. The molecule has 1 saturated carbocycles. The first-order valence-electron chi connectivity index (χ1n) is 11.6. The van der Waals surface area contributed by atoms with E-state index < -0.39 is 6.10 Å². The van der Waals surface area contributed by atoms with Crippen molar-refractivity contribution < 1.29 is 19.4 Å². The summed E-state index contributed by atoms with van der Waals surface area (Å²) >= 11 is 0. The average Bonchev–Trinajstić information content (AvgIpc) is 2.80. The second-order valence-electron chi connectivity index (χ2n) is 9.23. The summed E-state index contributed by atoms with van der Waals surface area (Å²) in [6.07, 6.45) is 3.40. The Morgan fingerprint density at radius 3 is 2.76 bits per heavy atom. The largest absolute Gasteiger partial charge is 0.427 e. The van der Waals surface area contributed by atoms with Crippen LogP contribution in [0, 0.1) is 5.92 Å². The van der Waals surface area contributed by atoms with E-state index in [1.54, 1.807) is 18.2 Å². The van der Waals surface area contributed by atoms with Crippen molar-refractivity contribution in [3.63, 3.8) is 0 Å². The molecule has 6 heteroatoms. The van der Waals surface area contributed by atoms with Gasteiger partial charge in [0.2, 0.25) is 0 Å². The minimum Gasteiger partial charge on any atom is -0.427 e. The van der Waals surface area contributed by atoms with Crippen molar-refractivity contribution in [1.82, 2.24) is 10.2 Å². The summed E-state index contributed by atoms with van der Waals surface area (Å²) < 4.78 is 5.36. The molecule has 2 aromatic carbocycles. The first kappa shape index (κ1) is 23.2. The molecule has 0 bridgehead atoms. The molecule has 4 atom stereocenters. The van der Waals surface area contributed by atoms with E-state index in [1.807, 2.05) is 36.4 Å². The summed E-state index contributed by atoms with van der Waals surface area (Å²) in [5, 5.41) is 14.5. The van der Waals surface area contributed by atoms with E-state index in [2.05, 4.69) is 22.9 Å². The zero-order valence-corrected chi connectivity index (χ0v) is 19.1. The normalized spacial score (nSPS) is 27.3. The number of ether oxygens (including phenoxy) is 1. The minimum atomic E-state index is -0.565. The van der Waals surface area contributed by atoms with E-state index in [0.29, 0.717) is 17.7 Å². The number of hydrogen-bond donors (Lipinski definition) is 2. The van der Waals surface area contributed by atoms with Gasteiger partial charge in [-0.2, -0.15) is 0 Å². The van der Waals surface area contributed by atoms with Gasteiger partial charge in [0.05, 0.1) is 6.10 Å². The molecule has 33 heavy (non-hydrogen) atoms. The Kier molecular flexibility index (Phi) is 6.96. The lowest BCUT2D eigenvalue weighted by Crippen LogP contribution is -2.61. The molecule has 2 aromatic rings. The van der Waals surface area contributed by atoms with Gasteiger partial charge in [-0.05, 0) is 55.6 Å². The maximum absolute atomic E-state index is 12.9. The molecule has 0 spiro atoms. The van der Waals surface area contributed by atoms with Crippen LogP contribution in [-0.4, -0.2) is 53.7 Å². The smallest absolute Gasteiger partial charge is 0.308 e. The van der Waals surface area contributed by atoms with E-state index in [1.165, 1.54) is 6.92 Å². The maximum atomic E-state index is 12.9. The molecule has 1 heterocycles. The topological polar surface area (TPSA) is 78.9 Å². The number of benzene rings is 2. The number of hydrogen-bond acceptors (Lipinski definition) is 5. The number of amides is 1. The highest BCUT2D eigenvalue weighted by Gasteiger charge is 2.52. The molecular weight excluding hydrogens is 416 g/mol. The number of aliphatic hydroxyl groups excluding tert-OH is 1. The van der Waals surface area contributed by atoms with Crippen LogP contribution in [0.4, 0.5) is 0 Å². The Balaban J connectivity index is 1.65. The number of carbonyl (C=O) groups excluding carboxylic acids is 2. The third-order valence-corrected chi connectivity index (χ3v) is 7.07. The highest BCUT2D eigenvalue weighted by atomic mass is 16.5. The lowest BCUT2D eigenvalue weighted by molar-refractivity contribution is -0.131. The van der Waals surface area contributed by atoms with Crippen LogP contribution in [0.15, 0.2) is 67.3 Å². The monoisotopic (exact) mass is 448 g/mol. The molecule has 4 rings (SSSR count). The van der Waals surface area contributed by atoms with Crippen LogP contribution in [0.5, 0.6) is 5.75 Å². The highest BCUT2D eigenvalue weighted by molar-refractivity contribution is 5.94. The summed E-state index contributed by atoms with van der Waals surface area (Å²) in [4.78, 5) is 26.7. The van der Waals surface area contributed by atoms with Crippen molar-refractivity contribution in [3.05, 3.63) is 78.4 Å². The van der Waals surface area contributed by atoms with Crippen LogP contribution in [0.2, 0.25) is 0 Å². The summed E-state index contributed by atoms with van der Waals surface area (Å²) in [7, 11) is 0. The molecular formula is C27H32N2O4. The number of nitrogens with zero attached hydrogens (tertiary/aromatic N) is 1. The molecule has 1 aliphatic heterocycles. The van der Waals surface area contributed by atoms with Crippen molar-refractivity contribution in [2.45, 2.75) is 43.7 Å². The van der Waals surface area contributed by atoms with E-state index in [4.69, 9.17) is 4.74 Å². The van der Waals surface area contributed by atoms with E-state index in [9.17, 15) is 14.7 Å². The van der Waals surface area contributed by atoms with Crippen LogP contribution in [-0.2, 0) is 10.2 Å². The van der Waals surface area contributed by atoms with Gasteiger partial charge in [0, 0.05) is 43.0 Å². The number of aliphatic hydroxyl groups is 1. The third-order valence-electron chi connectivity index (χ3n) is 7.07. The van der Waals surface area contributed by atoms with E-state index in [0.717, 1.165) is 38.0 Å². The number of carbonyl (C=O) groups is 2. The summed E-state index contributed by atoms with van der Waals surface area (Å²) in [6.45, 7) is 7.66. The molecule has 1 unspecified atom stereocenters. The SMILES string of the molecule is C=CCN1CC[C@@]2(c3cccc(OC(C)=O)c3)C[C@H](NC(=O)c3ccccc3)CC(O)[C@@H]2C1. The summed E-state index contributed by atoms with van der Waals surface area (Å²) in [6, 6.07) is 16.7. The maximum Gasteiger partial charge on any atom is 0.308 e. The zero-order chi connectivity index (χ0) is 23.4. The number of nitrogens with one attached hydrogen (secondary N) is 1. The van der Waals surface area contributed by atoms with Crippen molar-refractivity contribution in [2.75, 3.05) is 19.6 Å². The Morgan fingerprint density at radius 2 is 2.03 bits per heavy atom. The number of piperidine rings is 1. The fourth-order valence-corrected chi connectivity index (χ4v) is 5.64. The fourth-order valence-electron chi connectivity index (χ4n) is 5.64. The van der Waals surface area contributed by atoms with Crippen LogP contribution >= 0.6 is 0 Å². The molecule has 1 amide bonds. The van der Waals surface area contributed by atoms with Gasteiger partial charge in [-0.3, -0.25) is 14.5 Å². The standard InChI is InChI=1S/C27H32N2O4/c1-3-13-29-14-12-27(21-10-7-11-23(15-21)33-19(2)30)17-22(16-25(31)24(27)18-29)28-26(32)20-8-5-4-6-9-20/h3-11,15,22,24-25,31H,1,12-14,16-18H2,2H3,(H,28,32)/t22-,24+,25?,27+/m1/s1. The Labute approximate surface area is 195 Å². The summed E-state index contributed by atoms with van der Waals surface area (Å²) in [5.41, 5.74) is 1.32. The predicted octanol–water partition coefficient (Wildman–Crippen LogP) is 3.31. The number of fused-ring (bicyclic) bond motifs is 1. The molecule has 1 aliphatic carbocycles. The van der Waals surface area contributed by atoms with Crippen molar-refractivity contribution >= 4 is 11.9 Å². The molecule has 6 nitrogen and oxygen atoms in total. The van der Waals surface area contributed by atoms with E-state index >= 15 is 0 Å². The van der Waals surface area contributed by atoms with Crippen molar-refractivity contribution in [2.24, 2.45) is 5.92 Å².